The third kappa shape index (κ3) is 2.13. The molecule has 2 rings (SSSR count). The summed E-state index contributed by atoms with van der Waals surface area (Å²) in [7, 11) is 0. The first kappa shape index (κ1) is 10.9. The van der Waals surface area contributed by atoms with E-state index in [1.54, 1.807) is 0 Å². The fourth-order valence-corrected chi connectivity index (χ4v) is 1.94. The lowest BCUT2D eigenvalue weighted by atomic mass is 9.97. The number of rotatable bonds is 2. The Hall–Kier alpha value is -1.63. The molecule has 2 aromatic rings. The van der Waals surface area contributed by atoms with E-state index in [0.717, 1.165) is 12.1 Å². The van der Waals surface area contributed by atoms with Crippen molar-refractivity contribution in [1.82, 2.24) is 4.98 Å². The van der Waals surface area contributed by atoms with Crippen LogP contribution >= 0.6 is 0 Å². The average Bonchev–Trinajstić information content (AvgIpc) is 2.31. The van der Waals surface area contributed by atoms with Gasteiger partial charge in [0.2, 0.25) is 0 Å². The molecule has 0 aliphatic rings. The molecule has 0 N–H and O–H groups in total. The molecule has 0 aliphatic carbocycles. The Labute approximate surface area is 97.2 Å². The van der Waals surface area contributed by atoms with Crippen LogP contribution in [-0.2, 0) is 6.42 Å². The molecule has 1 aromatic heterocycles. The molecule has 82 valence electrons. The average molecular weight is 211 g/mol. The number of nitrogens with zero attached hydrogens (tertiary/aromatic N) is 1. The fourth-order valence-electron chi connectivity index (χ4n) is 1.94. The second-order valence-corrected chi connectivity index (χ2v) is 4.29. The predicted molar refractivity (Wildman–Crippen MR) is 67.7 cm³/mol. The minimum absolute atomic E-state index is 0.979. The van der Waals surface area contributed by atoms with Crippen LogP contribution in [0, 0.1) is 20.8 Å². The van der Waals surface area contributed by atoms with E-state index in [1.807, 2.05) is 6.20 Å². The van der Waals surface area contributed by atoms with Crippen LogP contribution in [0.4, 0.5) is 0 Å². The Bertz CT molecular complexity index is 486. The van der Waals surface area contributed by atoms with E-state index in [1.165, 1.54) is 22.3 Å². The van der Waals surface area contributed by atoms with E-state index in [-0.39, 0.29) is 0 Å². The summed E-state index contributed by atoms with van der Waals surface area (Å²) in [6, 6.07) is 10.6. The van der Waals surface area contributed by atoms with Crippen molar-refractivity contribution >= 4 is 0 Å². The standard InChI is InChI=1S/C15H17N/c1-11-10-16-13(3)15(12(11)2)9-14-7-5-4-6-8-14/h4-8,10H,9H2,1-3H3. The minimum atomic E-state index is 0.979. The lowest BCUT2D eigenvalue weighted by Gasteiger charge is -2.11. The van der Waals surface area contributed by atoms with Crippen molar-refractivity contribution in [1.29, 1.82) is 0 Å². The van der Waals surface area contributed by atoms with Crippen molar-refractivity contribution in [3.63, 3.8) is 0 Å². The van der Waals surface area contributed by atoms with Crippen molar-refractivity contribution in [3.8, 4) is 0 Å². The number of benzene rings is 1. The molecule has 0 amide bonds. The van der Waals surface area contributed by atoms with Gasteiger partial charge in [-0.25, -0.2) is 0 Å². The quantitative estimate of drug-likeness (QED) is 0.739. The maximum absolute atomic E-state index is 4.44. The molecule has 0 bridgehead atoms. The molecule has 0 unspecified atom stereocenters. The van der Waals surface area contributed by atoms with Crippen LogP contribution in [0.2, 0.25) is 0 Å². The zero-order valence-electron chi connectivity index (χ0n) is 10.1. The highest BCUT2D eigenvalue weighted by atomic mass is 14.7. The number of aryl methyl sites for hydroxylation is 2. The first-order valence-corrected chi connectivity index (χ1v) is 5.64. The second-order valence-electron chi connectivity index (χ2n) is 4.29. The molecule has 1 aromatic carbocycles. The van der Waals surface area contributed by atoms with Crippen LogP contribution in [0.25, 0.3) is 0 Å². The van der Waals surface area contributed by atoms with Crippen LogP contribution in [0.15, 0.2) is 36.5 Å². The van der Waals surface area contributed by atoms with Crippen molar-refractivity contribution in [3.05, 3.63) is 64.5 Å². The SMILES string of the molecule is Cc1cnc(C)c(Cc2ccccc2)c1C. The van der Waals surface area contributed by atoms with Gasteiger partial charge in [0.05, 0.1) is 0 Å². The van der Waals surface area contributed by atoms with Gasteiger partial charge in [0.15, 0.2) is 0 Å². The molecule has 0 atom stereocenters. The summed E-state index contributed by atoms with van der Waals surface area (Å²) in [5.74, 6) is 0. The summed E-state index contributed by atoms with van der Waals surface area (Å²) in [6.45, 7) is 6.39. The summed E-state index contributed by atoms with van der Waals surface area (Å²) in [4.78, 5) is 4.44. The minimum Gasteiger partial charge on any atom is -0.261 e. The number of hydrogen-bond acceptors (Lipinski definition) is 1. The van der Waals surface area contributed by atoms with E-state index in [0.29, 0.717) is 0 Å². The molecule has 0 aliphatic heterocycles. The molecule has 1 nitrogen and oxygen atoms in total. The van der Waals surface area contributed by atoms with Crippen LogP contribution in [0.1, 0.15) is 27.9 Å². The van der Waals surface area contributed by atoms with Gasteiger partial charge in [0.1, 0.15) is 0 Å². The molecule has 0 radical (unpaired) electrons. The molecular formula is C15H17N. The maximum atomic E-state index is 4.44. The number of aromatic nitrogens is 1. The third-order valence-corrected chi connectivity index (χ3v) is 3.16. The fraction of sp³-hybridized carbons (Fsp3) is 0.267. The zero-order chi connectivity index (χ0) is 11.5. The van der Waals surface area contributed by atoms with Gasteiger partial charge < -0.3 is 0 Å². The Morgan fingerprint density at radius 2 is 1.69 bits per heavy atom. The third-order valence-electron chi connectivity index (χ3n) is 3.16. The Morgan fingerprint density at radius 3 is 2.38 bits per heavy atom. The van der Waals surface area contributed by atoms with Gasteiger partial charge >= 0.3 is 0 Å². The highest BCUT2D eigenvalue weighted by Crippen LogP contribution is 2.18. The predicted octanol–water partition coefficient (Wildman–Crippen LogP) is 3.60. The maximum Gasteiger partial charge on any atom is 0.0410 e. The van der Waals surface area contributed by atoms with Crippen LogP contribution < -0.4 is 0 Å². The molecule has 1 heteroatoms. The highest BCUT2D eigenvalue weighted by molar-refractivity contribution is 5.38. The van der Waals surface area contributed by atoms with Crippen molar-refractivity contribution in [2.75, 3.05) is 0 Å². The van der Waals surface area contributed by atoms with E-state index >= 15 is 0 Å². The van der Waals surface area contributed by atoms with Crippen LogP contribution in [0.3, 0.4) is 0 Å². The topological polar surface area (TPSA) is 12.9 Å². The molecule has 0 saturated carbocycles. The summed E-state index contributed by atoms with van der Waals surface area (Å²) < 4.78 is 0. The van der Waals surface area contributed by atoms with E-state index < -0.39 is 0 Å². The largest absolute Gasteiger partial charge is 0.261 e. The van der Waals surface area contributed by atoms with Gasteiger partial charge in [-0.2, -0.15) is 0 Å². The highest BCUT2D eigenvalue weighted by Gasteiger charge is 2.06. The summed E-state index contributed by atoms with van der Waals surface area (Å²) >= 11 is 0. The van der Waals surface area contributed by atoms with E-state index in [9.17, 15) is 0 Å². The van der Waals surface area contributed by atoms with Gasteiger partial charge in [-0.3, -0.25) is 4.98 Å². The molecule has 1 heterocycles. The number of hydrogen-bond donors (Lipinski definition) is 0. The van der Waals surface area contributed by atoms with Gasteiger partial charge in [-0.15, -0.1) is 0 Å². The van der Waals surface area contributed by atoms with Crippen LogP contribution in [-0.4, -0.2) is 4.98 Å². The number of pyridine rings is 1. The lowest BCUT2D eigenvalue weighted by molar-refractivity contribution is 1.03. The molecule has 0 saturated heterocycles. The molecule has 16 heavy (non-hydrogen) atoms. The van der Waals surface area contributed by atoms with E-state index in [4.69, 9.17) is 0 Å². The van der Waals surface area contributed by atoms with Gasteiger partial charge in [0, 0.05) is 11.9 Å². The lowest BCUT2D eigenvalue weighted by Crippen LogP contribution is -2.00. The van der Waals surface area contributed by atoms with Gasteiger partial charge in [-0.05, 0) is 49.4 Å². The van der Waals surface area contributed by atoms with Crippen molar-refractivity contribution in [2.24, 2.45) is 0 Å². The van der Waals surface area contributed by atoms with Crippen molar-refractivity contribution in [2.45, 2.75) is 27.2 Å². The first-order chi connectivity index (χ1) is 7.68. The van der Waals surface area contributed by atoms with Crippen molar-refractivity contribution < 1.29 is 0 Å². The van der Waals surface area contributed by atoms with Gasteiger partial charge in [0.25, 0.3) is 0 Å². The Kier molecular flexibility index (Phi) is 3.04. The Balaban J connectivity index is 2.38. The Morgan fingerprint density at radius 1 is 1.00 bits per heavy atom. The second kappa shape index (κ2) is 4.48. The molecule has 0 fully saturated rings. The normalized spacial score (nSPS) is 10.4. The first-order valence-electron chi connectivity index (χ1n) is 5.64. The smallest absolute Gasteiger partial charge is 0.0410 e. The van der Waals surface area contributed by atoms with Gasteiger partial charge in [-0.1, -0.05) is 30.3 Å². The summed E-state index contributed by atoms with van der Waals surface area (Å²) in [5.41, 5.74) is 6.51. The van der Waals surface area contributed by atoms with Crippen LogP contribution in [0.5, 0.6) is 0 Å². The monoisotopic (exact) mass is 211 g/mol. The summed E-state index contributed by atoms with van der Waals surface area (Å²) in [5, 5.41) is 0. The zero-order valence-corrected chi connectivity index (χ0v) is 10.1. The van der Waals surface area contributed by atoms with E-state index in [2.05, 4.69) is 56.1 Å². The summed E-state index contributed by atoms with van der Waals surface area (Å²) in [6.07, 6.45) is 2.94. The molecule has 0 spiro atoms. The molecular weight excluding hydrogens is 194 g/mol.